The van der Waals surface area contributed by atoms with Gasteiger partial charge in [-0.2, -0.15) is 0 Å². The molecule has 3 N–H and O–H groups in total. The van der Waals surface area contributed by atoms with E-state index in [2.05, 4.69) is 32.2 Å². The number of carbonyl (C=O) groups is 1. The second-order valence-electron chi connectivity index (χ2n) is 9.12. The van der Waals surface area contributed by atoms with Crippen LogP contribution in [0, 0.1) is 11.3 Å². The second-order valence-corrected chi connectivity index (χ2v) is 10.1. The fourth-order valence-electron chi connectivity index (χ4n) is 4.26. The van der Waals surface area contributed by atoms with Crippen LogP contribution in [0.3, 0.4) is 0 Å². The number of ether oxygens (including phenoxy) is 2. The van der Waals surface area contributed by atoms with Gasteiger partial charge < -0.3 is 20.5 Å². The maximum atomic E-state index is 12.9. The summed E-state index contributed by atoms with van der Waals surface area (Å²) in [5.41, 5.74) is 10.2. The Morgan fingerprint density at radius 3 is 2.83 bits per heavy atom. The lowest BCUT2D eigenvalue weighted by atomic mass is 9.71. The summed E-state index contributed by atoms with van der Waals surface area (Å²) in [7, 11) is 0. The summed E-state index contributed by atoms with van der Waals surface area (Å²) in [5.74, 6) is 1.69. The number of nitrogens with zero attached hydrogens (tertiary/aromatic N) is 1. The number of benzene rings is 1. The van der Waals surface area contributed by atoms with Gasteiger partial charge in [0.05, 0.1) is 5.69 Å². The van der Waals surface area contributed by atoms with Crippen LogP contribution in [0.25, 0.3) is 10.2 Å². The molecule has 0 radical (unpaired) electrons. The molecule has 30 heavy (non-hydrogen) atoms. The maximum Gasteiger partial charge on any atom is 0.267 e. The molecule has 156 valence electrons. The highest BCUT2D eigenvalue weighted by Gasteiger charge is 2.30. The lowest BCUT2D eigenvalue weighted by Gasteiger charge is -2.34. The molecule has 1 aromatic carbocycles. The molecule has 6 nitrogen and oxygen atoms in total. The quantitative estimate of drug-likeness (QED) is 0.605. The Kier molecular flexibility index (Phi) is 4.39. The molecule has 3 aromatic rings. The molecule has 1 amide bonds. The summed E-state index contributed by atoms with van der Waals surface area (Å²) in [4.78, 5) is 19.1. The van der Waals surface area contributed by atoms with E-state index in [0.717, 1.165) is 35.2 Å². The van der Waals surface area contributed by atoms with Crippen LogP contribution in [0.5, 0.6) is 11.5 Å². The number of amides is 1. The third-order valence-corrected chi connectivity index (χ3v) is 7.26. The molecular formula is C23H25N3O3S. The van der Waals surface area contributed by atoms with Crippen molar-refractivity contribution in [1.29, 1.82) is 0 Å². The third-order valence-electron chi connectivity index (χ3n) is 6.15. The van der Waals surface area contributed by atoms with Gasteiger partial charge in [0.1, 0.15) is 9.71 Å². The molecule has 2 aromatic heterocycles. The second kappa shape index (κ2) is 6.87. The molecule has 0 bridgehead atoms. The van der Waals surface area contributed by atoms with Gasteiger partial charge in [-0.1, -0.05) is 20.8 Å². The number of fused-ring (bicyclic) bond motifs is 3. The molecule has 1 aliphatic heterocycles. The Hall–Kier alpha value is -2.80. The molecular weight excluding hydrogens is 398 g/mol. The zero-order valence-electron chi connectivity index (χ0n) is 17.4. The van der Waals surface area contributed by atoms with Gasteiger partial charge in [-0.25, -0.2) is 4.98 Å². The highest BCUT2D eigenvalue weighted by atomic mass is 32.1. The molecule has 0 spiro atoms. The number of aryl methyl sites for hydroxylation is 1. The highest BCUT2D eigenvalue weighted by molar-refractivity contribution is 7.21. The van der Waals surface area contributed by atoms with Crippen molar-refractivity contribution in [3.63, 3.8) is 0 Å². The Labute approximate surface area is 179 Å². The van der Waals surface area contributed by atoms with E-state index in [1.165, 1.54) is 16.9 Å². The van der Waals surface area contributed by atoms with E-state index >= 15 is 0 Å². The van der Waals surface area contributed by atoms with Crippen LogP contribution >= 0.6 is 11.3 Å². The van der Waals surface area contributed by atoms with Crippen molar-refractivity contribution in [2.24, 2.45) is 11.3 Å². The van der Waals surface area contributed by atoms with Gasteiger partial charge >= 0.3 is 0 Å². The van der Waals surface area contributed by atoms with Gasteiger partial charge in [0.2, 0.25) is 6.79 Å². The van der Waals surface area contributed by atoms with E-state index in [0.29, 0.717) is 33.7 Å². The van der Waals surface area contributed by atoms with Crippen LogP contribution in [0.2, 0.25) is 0 Å². The van der Waals surface area contributed by atoms with Gasteiger partial charge in [0.25, 0.3) is 5.91 Å². The molecule has 1 atom stereocenters. The number of hydrogen-bond acceptors (Lipinski definition) is 6. The molecule has 7 heteroatoms. The molecule has 1 aliphatic carbocycles. The van der Waals surface area contributed by atoms with Crippen molar-refractivity contribution in [2.45, 2.75) is 40.0 Å². The zero-order chi connectivity index (χ0) is 21.0. The average Bonchev–Trinajstić information content (AvgIpc) is 3.29. The van der Waals surface area contributed by atoms with Crippen LogP contribution in [0.4, 0.5) is 11.4 Å². The number of nitrogens with one attached hydrogen (secondary N) is 1. The van der Waals surface area contributed by atoms with Gasteiger partial charge in [-0.05, 0) is 54.4 Å². The van der Waals surface area contributed by atoms with Crippen molar-refractivity contribution in [3.8, 4) is 11.5 Å². The average molecular weight is 424 g/mol. The van der Waals surface area contributed by atoms with Crippen molar-refractivity contribution < 1.29 is 14.3 Å². The van der Waals surface area contributed by atoms with Crippen molar-refractivity contribution in [1.82, 2.24) is 4.98 Å². The van der Waals surface area contributed by atoms with Gasteiger partial charge in [0, 0.05) is 22.8 Å². The molecule has 0 saturated carbocycles. The van der Waals surface area contributed by atoms with Crippen LogP contribution < -0.4 is 20.5 Å². The largest absolute Gasteiger partial charge is 0.454 e. The minimum absolute atomic E-state index is 0.197. The number of carbonyl (C=O) groups excluding carboxylic acids is 1. The van der Waals surface area contributed by atoms with Gasteiger partial charge in [-0.15, -0.1) is 11.3 Å². The fourth-order valence-corrected chi connectivity index (χ4v) is 5.25. The minimum atomic E-state index is -0.236. The number of rotatable bonds is 2. The summed E-state index contributed by atoms with van der Waals surface area (Å²) < 4.78 is 10.7. The normalized spacial score (nSPS) is 17.8. The summed E-state index contributed by atoms with van der Waals surface area (Å²) >= 11 is 1.35. The topological polar surface area (TPSA) is 86.5 Å². The van der Waals surface area contributed by atoms with Gasteiger partial charge in [-0.3, -0.25) is 4.79 Å². The molecule has 2 aliphatic rings. The first-order valence-corrected chi connectivity index (χ1v) is 11.0. The molecule has 0 fully saturated rings. The van der Waals surface area contributed by atoms with E-state index in [9.17, 15) is 4.79 Å². The van der Waals surface area contributed by atoms with Crippen LogP contribution in [0.15, 0.2) is 24.3 Å². The number of nitrogen functional groups attached to an aromatic ring is 1. The SMILES string of the molecule is CC(C)(C)C1CCc2nc3sc(C(=O)Nc4ccc5c(c4)OCO5)c(N)c3cc2C1. The third kappa shape index (κ3) is 3.27. The lowest BCUT2D eigenvalue weighted by Crippen LogP contribution is -2.27. The fraction of sp³-hybridized carbons (Fsp3) is 0.391. The predicted molar refractivity (Wildman–Crippen MR) is 120 cm³/mol. The van der Waals surface area contributed by atoms with E-state index < -0.39 is 0 Å². The van der Waals surface area contributed by atoms with Crippen molar-refractivity contribution in [2.75, 3.05) is 17.8 Å². The number of nitrogens with two attached hydrogens (primary N) is 1. The summed E-state index contributed by atoms with van der Waals surface area (Å²) in [6.45, 7) is 7.09. The standard InChI is InChI=1S/C23H25N3O3S/c1-23(2,3)13-4-6-16-12(8-13)9-15-19(24)20(30-22(15)26-16)21(27)25-14-5-7-17-18(10-14)29-11-28-17/h5,7,9-10,13H,4,6,8,11,24H2,1-3H3,(H,25,27). The van der Waals surface area contributed by atoms with Crippen molar-refractivity contribution >= 4 is 38.8 Å². The Bertz CT molecular complexity index is 1160. The number of pyridine rings is 1. The first-order valence-electron chi connectivity index (χ1n) is 10.2. The Morgan fingerprint density at radius 2 is 2.03 bits per heavy atom. The zero-order valence-corrected chi connectivity index (χ0v) is 18.2. The molecule has 5 rings (SSSR count). The van der Waals surface area contributed by atoms with Crippen LogP contribution in [0.1, 0.15) is 48.1 Å². The predicted octanol–water partition coefficient (Wildman–Crippen LogP) is 5.01. The monoisotopic (exact) mass is 423 g/mol. The Morgan fingerprint density at radius 1 is 1.23 bits per heavy atom. The maximum absolute atomic E-state index is 12.9. The van der Waals surface area contributed by atoms with E-state index in [4.69, 9.17) is 20.2 Å². The molecule has 1 unspecified atom stereocenters. The summed E-state index contributed by atoms with van der Waals surface area (Å²) in [6.07, 6.45) is 3.13. The Balaban J connectivity index is 1.44. The summed E-state index contributed by atoms with van der Waals surface area (Å²) in [5, 5.41) is 3.79. The lowest BCUT2D eigenvalue weighted by molar-refractivity contribution is 0.103. The summed E-state index contributed by atoms with van der Waals surface area (Å²) in [6, 6.07) is 7.48. The van der Waals surface area contributed by atoms with E-state index in [1.54, 1.807) is 18.2 Å². The molecule has 0 saturated heterocycles. The number of anilines is 2. The van der Waals surface area contributed by atoms with Crippen molar-refractivity contribution in [3.05, 3.63) is 40.4 Å². The number of thiophene rings is 1. The number of hydrogen-bond donors (Lipinski definition) is 2. The molecule has 3 heterocycles. The van der Waals surface area contributed by atoms with E-state index in [-0.39, 0.29) is 18.1 Å². The van der Waals surface area contributed by atoms with Gasteiger partial charge in [0.15, 0.2) is 11.5 Å². The van der Waals surface area contributed by atoms with Crippen LogP contribution in [-0.4, -0.2) is 17.7 Å². The van der Waals surface area contributed by atoms with E-state index in [1.807, 2.05) is 0 Å². The minimum Gasteiger partial charge on any atom is -0.454 e. The highest BCUT2D eigenvalue weighted by Crippen LogP contribution is 2.41. The first kappa shape index (κ1) is 19.2. The smallest absolute Gasteiger partial charge is 0.267 e. The van der Waals surface area contributed by atoms with Crippen LogP contribution in [-0.2, 0) is 12.8 Å². The first-order chi connectivity index (χ1) is 14.3. The number of aromatic nitrogens is 1.